The van der Waals surface area contributed by atoms with Gasteiger partial charge in [-0.1, -0.05) is 29.8 Å². The highest BCUT2D eigenvalue weighted by molar-refractivity contribution is 6.31. The number of halogens is 1. The maximum atomic E-state index is 10.9. The van der Waals surface area contributed by atoms with Gasteiger partial charge < -0.3 is 20.5 Å². The van der Waals surface area contributed by atoms with Gasteiger partial charge in [-0.15, -0.1) is 0 Å². The number of anilines is 1. The van der Waals surface area contributed by atoms with E-state index in [9.17, 15) is 4.79 Å². The number of nitrogens with one attached hydrogen (secondary N) is 1. The summed E-state index contributed by atoms with van der Waals surface area (Å²) < 4.78 is 10.6. The Morgan fingerprint density at radius 1 is 1.26 bits per heavy atom. The number of rotatable bonds is 7. The van der Waals surface area contributed by atoms with Gasteiger partial charge in [-0.25, -0.2) is 0 Å². The van der Waals surface area contributed by atoms with Crippen LogP contribution in [0, 0.1) is 0 Å². The van der Waals surface area contributed by atoms with Gasteiger partial charge >= 0.3 is 0 Å². The number of ether oxygens (including phenoxy) is 2. The normalized spacial score (nSPS) is 11.6. The van der Waals surface area contributed by atoms with Crippen LogP contribution in [0.4, 0.5) is 5.69 Å². The molecule has 0 radical (unpaired) electrons. The van der Waals surface area contributed by atoms with Crippen LogP contribution in [0.15, 0.2) is 42.5 Å². The first-order valence-corrected chi connectivity index (χ1v) is 7.49. The summed E-state index contributed by atoms with van der Waals surface area (Å²) in [5, 5.41) is 4.04. The lowest BCUT2D eigenvalue weighted by Crippen LogP contribution is -2.20. The largest absolute Gasteiger partial charge is 0.493 e. The van der Waals surface area contributed by atoms with Crippen molar-refractivity contribution < 1.29 is 14.3 Å². The van der Waals surface area contributed by atoms with Crippen molar-refractivity contribution in [1.29, 1.82) is 0 Å². The first-order chi connectivity index (χ1) is 11.0. The van der Waals surface area contributed by atoms with E-state index >= 15 is 0 Å². The van der Waals surface area contributed by atoms with Crippen LogP contribution in [0.1, 0.15) is 18.5 Å². The molecule has 0 fully saturated rings. The van der Waals surface area contributed by atoms with E-state index in [-0.39, 0.29) is 12.6 Å². The lowest BCUT2D eigenvalue weighted by atomic mass is 10.1. The topological polar surface area (TPSA) is 73.6 Å². The average molecular weight is 335 g/mol. The van der Waals surface area contributed by atoms with Gasteiger partial charge in [0, 0.05) is 22.8 Å². The molecule has 0 aliphatic rings. The Labute approximate surface area is 140 Å². The monoisotopic (exact) mass is 334 g/mol. The zero-order valence-electron chi connectivity index (χ0n) is 13.0. The van der Waals surface area contributed by atoms with Gasteiger partial charge in [-0.2, -0.15) is 0 Å². The van der Waals surface area contributed by atoms with Crippen LogP contribution in [0.3, 0.4) is 0 Å². The molecule has 3 N–H and O–H groups in total. The summed E-state index contributed by atoms with van der Waals surface area (Å²) in [5.74, 6) is 0.430. The molecule has 0 aromatic heterocycles. The lowest BCUT2D eigenvalue weighted by molar-refractivity contribution is -0.119. The lowest BCUT2D eigenvalue weighted by Gasteiger charge is -2.18. The minimum atomic E-state index is -0.546. The van der Waals surface area contributed by atoms with Gasteiger partial charge in [0.25, 0.3) is 5.91 Å². The predicted octanol–water partition coefficient (Wildman–Crippen LogP) is 3.39. The molecule has 0 saturated carbocycles. The zero-order chi connectivity index (χ0) is 16.8. The van der Waals surface area contributed by atoms with Gasteiger partial charge in [0.05, 0.1) is 7.11 Å². The first-order valence-electron chi connectivity index (χ1n) is 7.11. The predicted molar refractivity (Wildman–Crippen MR) is 91.2 cm³/mol. The summed E-state index contributed by atoms with van der Waals surface area (Å²) in [6, 6.07) is 13.0. The number of carbonyl (C=O) groups is 1. The fraction of sp³-hybridized carbons (Fsp3) is 0.235. The average Bonchev–Trinajstić information content (AvgIpc) is 2.53. The minimum Gasteiger partial charge on any atom is -0.493 e. The second kappa shape index (κ2) is 7.74. The Bertz CT molecular complexity index is 691. The molecule has 0 bridgehead atoms. The number of hydrogen-bond acceptors (Lipinski definition) is 4. The van der Waals surface area contributed by atoms with Crippen molar-refractivity contribution in [2.24, 2.45) is 5.73 Å². The maximum absolute atomic E-state index is 10.9. The second-order valence-electron chi connectivity index (χ2n) is 5.01. The van der Waals surface area contributed by atoms with E-state index in [4.69, 9.17) is 26.8 Å². The molecule has 1 atom stereocenters. The molecule has 1 unspecified atom stereocenters. The van der Waals surface area contributed by atoms with Crippen LogP contribution >= 0.6 is 11.6 Å². The second-order valence-corrected chi connectivity index (χ2v) is 5.42. The van der Waals surface area contributed by atoms with E-state index in [1.54, 1.807) is 12.1 Å². The molecule has 6 heteroatoms. The minimum absolute atomic E-state index is 0.00100. The fourth-order valence-electron chi connectivity index (χ4n) is 2.18. The summed E-state index contributed by atoms with van der Waals surface area (Å²) >= 11 is 6.21. The molecule has 2 rings (SSSR count). The molecule has 23 heavy (non-hydrogen) atoms. The molecule has 0 heterocycles. The van der Waals surface area contributed by atoms with Crippen LogP contribution < -0.4 is 20.5 Å². The number of hydrogen-bond donors (Lipinski definition) is 2. The third-order valence-corrected chi connectivity index (χ3v) is 3.63. The van der Waals surface area contributed by atoms with Crippen LogP contribution in [0.2, 0.25) is 5.02 Å². The van der Waals surface area contributed by atoms with Gasteiger partial charge in [0.2, 0.25) is 0 Å². The fourth-order valence-corrected chi connectivity index (χ4v) is 2.48. The molecule has 0 aliphatic carbocycles. The highest BCUT2D eigenvalue weighted by atomic mass is 35.5. The van der Waals surface area contributed by atoms with Crippen LogP contribution in [0.5, 0.6) is 11.5 Å². The number of carbonyl (C=O) groups excluding carboxylic acids is 1. The van der Waals surface area contributed by atoms with Crippen molar-refractivity contribution in [3.63, 3.8) is 0 Å². The Morgan fingerprint density at radius 2 is 2.00 bits per heavy atom. The number of nitrogens with two attached hydrogens (primary N) is 1. The number of amides is 1. The number of primary amides is 1. The highest BCUT2D eigenvalue weighted by Crippen LogP contribution is 2.32. The molecule has 122 valence electrons. The van der Waals surface area contributed by atoms with Crippen LogP contribution in [-0.2, 0) is 4.79 Å². The molecule has 2 aromatic rings. The molecular weight excluding hydrogens is 316 g/mol. The van der Waals surface area contributed by atoms with Gasteiger partial charge in [-0.3, -0.25) is 4.79 Å². The summed E-state index contributed by atoms with van der Waals surface area (Å²) in [6.07, 6.45) is 0. The Morgan fingerprint density at radius 3 is 2.65 bits per heavy atom. The standard InChI is InChI=1S/C17H19ClN2O3/c1-11(13-5-3-4-6-14(13)18)20-12-7-8-15(22-2)16(9-12)23-10-17(19)21/h3-9,11,20H,10H2,1-2H3,(H2,19,21). The van der Waals surface area contributed by atoms with Crippen molar-refractivity contribution in [3.05, 3.63) is 53.1 Å². The first kappa shape index (κ1) is 17.0. The van der Waals surface area contributed by atoms with E-state index in [0.29, 0.717) is 16.5 Å². The van der Waals surface area contributed by atoms with Crippen molar-refractivity contribution in [1.82, 2.24) is 0 Å². The van der Waals surface area contributed by atoms with E-state index < -0.39 is 5.91 Å². The molecular formula is C17H19ClN2O3. The third-order valence-electron chi connectivity index (χ3n) is 3.29. The zero-order valence-corrected chi connectivity index (χ0v) is 13.8. The summed E-state index contributed by atoms with van der Waals surface area (Å²) in [7, 11) is 1.53. The van der Waals surface area contributed by atoms with E-state index in [2.05, 4.69) is 5.32 Å². The van der Waals surface area contributed by atoms with E-state index in [0.717, 1.165) is 11.3 Å². The van der Waals surface area contributed by atoms with Crippen molar-refractivity contribution >= 4 is 23.2 Å². The molecule has 0 saturated heterocycles. The Kier molecular flexibility index (Phi) is 5.71. The molecule has 0 aliphatic heterocycles. The van der Waals surface area contributed by atoms with E-state index in [1.165, 1.54) is 7.11 Å². The maximum Gasteiger partial charge on any atom is 0.255 e. The smallest absolute Gasteiger partial charge is 0.255 e. The quantitative estimate of drug-likeness (QED) is 0.814. The Hall–Kier alpha value is -2.40. The van der Waals surface area contributed by atoms with Gasteiger partial charge in [0.15, 0.2) is 18.1 Å². The number of benzene rings is 2. The highest BCUT2D eigenvalue weighted by Gasteiger charge is 2.12. The van der Waals surface area contributed by atoms with Gasteiger partial charge in [-0.05, 0) is 30.7 Å². The molecule has 5 nitrogen and oxygen atoms in total. The van der Waals surface area contributed by atoms with Crippen LogP contribution in [0.25, 0.3) is 0 Å². The van der Waals surface area contributed by atoms with Gasteiger partial charge in [0.1, 0.15) is 0 Å². The van der Waals surface area contributed by atoms with Crippen LogP contribution in [-0.4, -0.2) is 19.6 Å². The summed E-state index contributed by atoms with van der Waals surface area (Å²) in [6.45, 7) is 1.80. The van der Waals surface area contributed by atoms with Crippen molar-refractivity contribution in [2.45, 2.75) is 13.0 Å². The molecule has 0 spiro atoms. The van der Waals surface area contributed by atoms with E-state index in [1.807, 2.05) is 37.3 Å². The summed E-state index contributed by atoms with van der Waals surface area (Å²) in [5.41, 5.74) is 6.92. The molecule has 1 amide bonds. The van der Waals surface area contributed by atoms with Crippen molar-refractivity contribution in [2.75, 3.05) is 19.0 Å². The van der Waals surface area contributed by atoms with Crippen molar-refractivity contribution in [3.8, 4) is 11.5 Å². The SMILES string of the molecule is COc1ccc(NC(C)c2ccccc2Cl)cc1OCC(N)=O. The number of methoxy groups -OCH3 is 1. The summed E-state index contributed by atoms with van der Waals surface area (Å²) in [4.78, 5) is 10.9. The molecule has 2 aromatic carbocycles. The third kappa shape index (κ3) is 4.53. The Balaban J connectivity index is 2.18.